The van der Waals surface area contributed by atoms with Crippen molar-refractivity contribution in [2.24, 2.45) is 0 Å². The normalized spacial score (nSPS) is 11.8. The van der Waals surface area contributed by atoms with Gasteiger partial charge in [-0.1, -0.05) is 19.1 Å². The van der Waals surface area contributed by atoms with Crippen LogP contribution in [0.2, 0.25) is 0 Å². The summed E-state index contributed by atoms with van der Waals surface area (Å²) in [5.74, 6) is -1.16. The van der Waals surface area contributed by atoms with Gasteiger partial charge >= 0.3 is 11.9 Å². The fraction of sp³-hybridized carbons (Fsp3) is 0.444. The van der Waals surface area contributed by atoms with Gasteiger partial charge in [0.1, 0.15) is 11.7 Å². The van der Waals surface area contributed by atoms with E-state index in [0.717, 1.165) is 52.8 Å². The molecular formula is C27H35N5O5. The second-order valence-electron chi connectivity index (χ2n) is 8.65. The van der Waals surface area contributed by atoms with E-state index in [1.54, 1.807) is 26.0 Å². The number of anilines is 1. The van der Waals surface area contributed by atoms with E-state index in [1.807, 2.05) is 26.0 Å². The number of aromatic amines is 1. The van der Waals surface area contributed by atoms with Gasteiger partial charge in [0.2, 0.25) is 5.95 Å². The summed E-state index contributed by atoms with van der Waals surface area (Å²) >= 11 is 0. The predicted molar refractivity (Wildman–Crippen MR) is 140 cm³/mol. The smallest absolute Gasteiger partial charge is 0.328 e. The zero-order valence-corrected chi connectivity index (χ0v) is 21.8. The summed E-state index contributed by atoms with van der Waals surface area (Å²) in [7, 11) is 0. The van der Waals surface area contributed by atoms with Crippen molar-refractivity contribution in [1.29, 1.82) is 0 Å². The first-order valence-corrected chi connectivity index (χ1v) is 12.6. The maximum Gasteiger partial charge on any atom is 0.328 e. The summed E-state index contributed by atoms with van der Waals surface area (Å²) in [6.45, 7) is 7.88. The molecule has 0 saturated carbocycles. The average molecular weight is 510 g/mol. The molecule has 37 heavy (non-hydrogen) atoms. The Hall–Kier alpha value is -3.95. The number of esters is 2. The Balaban J connectivity index is 1.67. The van der Waals surface area contributed by atoms with Crippen molar-refractivity contribution >= 4 is 34.8 Å². The molecule has 0 aliphatic carbocycles. The highest BCUT2D eigenvalue weighted by Crippen LogP contribution is 2.26. The summed E-state index contributed by atoms with van der Waals surface area (Å²) < 4.78 is 9.97. The van der Waals surface area contributed by atoms with Crippen LogP contribution in [-0.2, 0) is 38.3 Å². The Bertz CT molecular complexity index is 1250. The number of carbonyl (C=O) groups excluding carboxylic acids is 3. The Labute approximate surface area is 216 Å². The summed E-state index contributed by atoms with van der Waals surface area (Å²) in [6.07, 6.45) is 2.39. The number of aryl methyl sites for hydroxylation is 4. The van der Waals surface area contributed by atoms with E-state index in [4.69, 9.17) is 15.2 Å². The zero-order chi connectivity index (χ0) is 26.9. The molecule has 1 amide bonds. The lowest BCUT2D eigenvalue weighted by atomic mass is 10.00. The van der Waals surface area contributed by atoms with Gasteiger partial charge in [0, 0.05) is 23.1 Å². The number of nitrogens with zero attached hydrogens (tertiary/aromatic N) is 2. The Morgan fingerprint density at radius 3 is 2.38 bits per heavy atom. The van der Waals surface area contributed by atoms with Crippen molar-refractivity contribution in [1.82, 2.24) is 20.3 Å². The van der Waals surface area contributed by atoms with Crippen molar-refractivity contribution in [2.75, 3.05) is 18.9 Å². The Morgan fingerprint density at radius 1 is 1.03 bits per heavy atom. The molecule has 1 aromatic carbocycles. The number of nitrogens with two attached hydrogens (primary N) is 1. The van der Waals surface area contributed by atoms with Gasteiger partial charge in [-0.25, -0.2) is 9.78 Å². The molecule has 0 saturated heterocycles. The van der Waals surface area contributed by atoms with Crippen LogP contribution in [0.5, 0.6) is 0 Å². The molecule has 10 nitrogen and oxygen atoms in total. The molecule has 0 spiro atoms. The van der Waals surface area contributed by atoms with Gasteiger partial charge < -0.3 is 25.5 Å². The molecule has 3 aromatic rings. The van der Waals surface area contributed by atoms with Gasteiger partial charge in [-0.15, -0.1) is 0 Å². The number of H-pyrrole nitrogens is 1. The molecule has 0 fully saturated rings. The van der Waals surface area contributed by atoms with Crippen LogP contribution in [0, 0.1) is 6.92 Å². The summed E-state index contributed by atoms with van der Waals surface area (Å²) in [5.41, 5.74) is 11.2. The molecule has 3 rings (SSSR count). The third kappa shape index (κ3) is 7.05. The zero-order valence-electron chi connectivity index (χ0n) is 21.8. The Morgan fingerprint density at radius 2 is 1.73 bits per heavy atom. The van der Waals surface area contributed by atoms with Crippen LogP contribution in [0.4, 0.5) is 5.95 Å². The summed E-state index contributed by atoms with van der Waals surface area (Å²) in [4.78, 5) is 48.9. The molecule has 0 unspecified atom stereocenters. The molecular weight excluding hydrogens is 474 g/mol. The van der Waals surface area contributed by atoms with E-state index >= 15 is 0 Å². The third-order valence-electron chi connectivity index (χ3n) is 6.10. The fourth-order valence-electron chi connectivity index (χ4n) is 4.26. The molecule has 0 bridgehead atoms. The average Bonchev–Trinajstić information content (AvgIpc) is 3.19. The number of carbonyl (C=O) groups is 3. The van der Waals surface area contributed by atoms with Crippen LogP contribution in [0.15, 0.2) is 24.3 Å². The van der Waals surface area contributed by atoms with Crippen LogP contribution >= 0.6 is 0 Å². The number of benzene rings is 1. The number of aromatic nitrogens is 3. The highest BCUT2D eigenvalue weighted by atomic mass is 16.5. The van der Waals surface area contributed by atoms with Gasteiger partial charge in [-0.3, -0.25) is 9.59 Å². The van der Waals surface area contributed by atoms with Crippen LogP contribution in [0.3, 0.4) is 0 Å². The number of nitrogens with one attached hydrogen (secondary N) is 2. The second kappa shape index (κ2) is 12.8. The quantitative estimate of drug-likeness (QED) is 0.315. The van der Waals surface area contributed by atoms with Crippen molar-refractivity contribution < 1.29 is 23.9 Å². The van der Waals surface area contributed by atoms with Crippen molar-refractivity contribution in [3.8, 4) is 0 Å². The largest absolute Gasteiger partial charge is 0.466 e. The third-order valence-corrected chi connectivity index (χ3v) is 6.10. The van der Waals surface area contributed by atoms with Crippen LogP contribution < -0.4 is 11.1 Å². The standard InChI is InChI=1S/C27H35N5O5/c1-5-20-23-19(16(4)29-24(23)32-27(28)31-20)13-10-17-8-11-18(12-9-17)25(34)30-21(26(35)37-7-3)14-15-22(33)36-6-2/h8-9,11-12,21H,5-7,10,13-15H2,1-4H3,(H,30,34)(H3,28,29,31,32)/t21-/m0/s1. The number of hydrogen-bond acceptors (Lipinski definition) is 8. The molecule has 0 aliphatic heterocycles. The van der Waals surface area contributed by atoms with E-state index in [2.05, 4.69) is 20.3 Å². The first-order valence-electron chi connectivity index (χ1n) is 12.6. The molecule has 0 radical (unpaired) electrons. The maximum atomic E-state index is 12.8. The van der Waals surface area contributed by atoms with E-state index < -0.39 is 23.9 Å². The minimum atomic E-state index is -0.939. The minimum absolute atomic E-state index is 0.00116. The topological polar surface area (TPSA) is 149 Å². The lowest BCUT2D eigenvalue weighted by Gasteiger charge is -2.17. The van der Waals surface area contributed by atoms with Crippen molar-refractivity contribution in [3.05, 3.63) is 52.3 Å². The number of amides is 1. The first-order chi connectivity index (χ1) is 17.8. The number of rotatable bonds is 12. The molecule has 198 valence electrons. The monoisotopic (exact) mass is 509 g/mol. The number of ether oxygens (including phenoxy) is 2. The fourth-order valence-corrected chi connectivity index (χ4v) is 4.26. The van der Waals surface area contributed by atoms with Crippen LogP contribution in [0.25, 0.3) is 11.0 Å². The molecule has 1 atom stereocenters. The van der Waals surface area contributed by atoms with Gasteiger partial charge in [0.25, 0.3) is 5.91 Å². The van der Waals surface area contributed by atoms with Crippen LogP contribution in [-0.4, -0.2) is 52.1 Å². The maximum absolute atomic E-state index is 12.8. The summed E-state index contributed by atoms with van der Waals surface area (Å²) in [5, 5.41) is 3.71. The van der Waals surface area contributed by atoms with E-state index in [0.29, 0.717) is 5.56 Å². The predicted octanol–water partition coefficient (Wildman–Crippen LogP) is 3.20. The van der Waals surface area contributed by atoms with Crippen molar-refractivity contribution in [2.45, 2.75) is 65.8 Å². The van der Waals surface area contributed by atoms with Gasteiger partial charge in [-0.2, -0.15) is 4.98 Å². The van der Waals surface area contributed by atoms with Gasteiger partial charge in [0.15, 0.2) is 0 Å². The molecule has 0 aliphatic rings. The lowest BCUT2D eigenvalue weighted by molar-refractivity contribution is -0.146. The van der Waals surface area contributed by atoms with E-state index in [9.17, 15) is 14.4 Å². The number of hydrogen-bond donors (Lipinski definition) is 3. The Kier molecular flexibility index (Phi) is 9.59. The molecule has 2 aromatic heterocycles. The van der Waals surface area contributed by atoms with Gasteiger partial charge in [0.05, 0.1) is 18.9 Å². The molecule has 4 N–H and O–H groups in total. The van der Waals surface area contributed by atoms with E-state index in [1.165, 1.54) is 0 Å². The first kappa shape index (κ1) is 27.6. The number of nitrogen functional groups attached to an aromatic ring is 1. The lowest BCUT2D eigenvalue weighted by Crippen LogP contribution is -2.42. The van der Waals surface area contributed by atoms with Gasteiger partial charge in [-0.05, 0) is 69.7 Å². The van der Waals surface area contributed by atoms with Crippen LogP contribution in [0.1, 0.15) is 66.5 Å². The van der Waals surface area contributed by atoms with E-state index in [-0.39, 0.29) is 32.0 Å². The molecule has 10 heteroatoms. The highest BCUT2D eigenvalue weighted by Gasteiger charge is 2.24. The second-order valence-corrected chi connectivity index (χ2v) is 8.65. The SMILES string of the molecule is CCOC(=O)CC[C@H](NC(=O)c1ccc(CCc2c(C)[nH]c3nc(N)nc(CC)c23)cc1)C(=O)OCC. The minimum Gasteiger partial charge on any atom is -0.466 e. The molecule has 2 heterocycles. The number of fused-ring (bicyclic) bond motifs is 1. The highest BCUT2D eigenvalue weighted by molar-refractivity contribution is 5.97. The van der Waals surface area contributed by atoms with Crippen molar-refractivity contribution in [3.63, 3.8) is 0 Å². The summed E-state index contributed by atoms with van der Waals surface area (Å²) in [6, 6.07) is 6.30.